The molecule has 1 nitrogen and oxygen atoms in total. The van der Waals surface area contributed by atoms with E-state index in [2.05, 4.69) is 22.2 Å². The van der Waals surface area contributed by atoms with Crippen molar-refractivity contribution in [3.05, 3.63) is 35.0 Å². The molecule has 0 saturated heterocycles. The lowest BCUT2D eigenvalue weighted by atomic mass is 10.3. The predicted octanol–water partition coefficient (Wildman–Crippen LogP) is 3.00. The number of hydrogen-bond donors (Lipinski definition) is 0. The zero-order valence-corrected chi connectivity index (χ0v) is 6.68. The maximum Gasteiger partial charge on any atom is 0.170 e. The Hall–Kier alpha value is -0.760. The molecule has 1 aromatic carbocycles. The minimum Gasteiger partial charge on any atom is -0.452 e. The van der Waals surface area contributed by atoms with Crippen LogP contribution in [0.5, 0.6) is 0 Å². The van der Waals surface area contributed by atoms with E-state index < -0.39 is 0 Å². The van der Waals surface area contributed by atoms with Crippen LogP contribution in [0.3, 0.4) is 0 Å². The second-order valence-corrected chi connectivity index (χ2v) is 2.88. The van der Waals surface area contributed by atoms with E-state index in [-0.39, 0.29) is 0 Å². The molecular formula is C8H4BrO. The molecule has 2 aromatic rings. The van der Waals surface area contributed by atoms with Gasteiger partial charge in [0.1, 0.15) is 5.58 Å². The summed E-state index contributed by atoms with van der Waals surface area (Å²) in [5.74, 6) is 0. The van der Waals surface area contributed by atoms with E-state index in [9.17, 15) is 0 Å². The minimum atomic E-state index is 0.863. The van der Waals surface area contributed by atoms with Crippen LogP contribution in [0.25, 0.3) is 11.0 Å². The molecule has 49 valence electrons. The van der Waals surface area contributed by atoms with E-state index in [0.717, 1.165) is 15.4 Å². The van der Waals surface area contributed by atoms with Crippen LogP contribution in [0.1, 0.15) is 0 Å². The van der Waals surface area contributed by atoms with Crippen LogP contribution in [0.2, 0.25) is 0 Å². The minimum absolute atomic E-state index is 0.863. The third-order valence-corrected chi connectivity index (χ3v) is 2.00. The molecule has 1 aromatic heterocycles. The van der Waals surface area contributed by atoms with E-state index in [4.69, 9.17) is 4.42 Å². The Bertz CT molecular complexity index is 351. The van der Waals surface area contributed by atoms with Gasteiger partial charge in [0.15, 0.2) is 6.26 Å². The summed E-state index contributed by atoms with van der Waals surface area (Å²) in [5.41, 5.74) is 0.863. The summed E-state index contributed by atoms with van der Waals surface area (Å²) >= 11 is 3.36. The largest absolute Gasteiger partial charge is 0.452 e. The highest BCUT2D eigenvalue weighted by molar-refractivity contribution is 9.10. The van der Waals surface area contributed by atoms with Gasteiger partial charge in [0.05, 0.1) is 4.47 Å². The first kappa shape index (κ1) is 5.98. The van der Waals surface area contributed by atoms with Gasteiger partial charge in [0.25, 0.3) is 0 Å². The summed E-state index contributed by atoms with van der Waals surface area (Å²) in [7, 11) is 0. The molecule has 0 atom stereocenters. The summed E-state index contributed by atoms with van der Waals surface area (Å²) in [6, 6.07) is 7.72. The summed E-state index contributed by atoms with van der Waals surface area (Å²) in [5, 5.41) is 1.08. The van der Waals surface area contributed by atoms with Crippen LogP contribution < -0.4 is 0 Å². The van der Waals surface area contributed by atoms with E-state index in [1.54, 1.807) is 0 Å². The average Bonchev–Trinajstić information content (AvgIpc) is 2.36. The number of fused-ring (bicyclic) bond motifs is 1. The van der Waals surface area contributed by atoms with Crippen molar-refractivity contribution in [3.8, 4) is 0 Å². The maximum atomic E-state index is 5.08. The number of benzene rings is 1. The normalized spacial score (nSPS) is 10.5. The fourth-order valence-electron chi connectivity index (χ4n) is 0.899. The lowest BCUT2D eigenvalue weighted by molar-refractivity contribution is 0.604. The zero-order valence-electron chi connectivity index (χ0n) is 5.10. The molecule has 2 heteroatoms. The molecule has 0 N–H and O–H groups in total. The quantitative estimate of drug-likeness (QED) is 0.631. The van der Waals surface area contributed by atoms with Gasteiger partial charge in [-0.05, 0) is 28.1 Å². The van der Waals surface area contributed by atoms with Gasteiger partial charge in [0.2, 0.25) is 0 Å². The molecule has 0 saturated carbocycles. The Kier molecular flexibility index (Phi) is 1.27. The van der Waals surface area contributed by atoms with Crippen molar-refractivity contribution in [1.29, 1.82) is 0 Å². The highest BCUT2D eigenvalue weighted by Crippen LogP contribution is 2.23. The Morgan fingerprint density at radius 2 is 2.30 bits per heavy atom. The Balaban J connectivity index is 2.95. The van der Waals surface area contributed by atoms with Crippen LogP contribution in [0, 0.1) is 6.26 Å². The van der Waals surface area contributed by atoms with Crippen molar-refractivity contribution in [3.63, 3.8) is 0 Å². The highest BCUT2D eigenvalue weighted by Gasteiger charge is 1.98. The predicted molar refractivity (Wildman–Crippen MR) is 42.8 cm³/mol. The Morgan fingerprint density at radius 1 is 1.40 bits per heavy atom. The molecule has 0 spiro atoms. The maximum absolute atomic E-state index is 5.08. The van der Waals surface area contributed by atoms with Crippen LogP contribution in [0.4, 0.5) is 0 Å². The molecule has 0 aliphatic carbocycles. The number of para-hydroxylation sites is 1. The van der Waals surface area contributed by atoms with Crippen molar-refractivity contribution < 1.29 is 4.42 Å². The fourth-order valence-corrected chi connectivity index (χ4v) is 1.36. The lowest BCUT2D eigenvalue weighted by Crippen LogP contribution is -1.63. The first-order chi connectivity index (χ1) is 4.88. The van der Waals surface area contributed by atoms with Crippen molar-refractivity contribution in [2.45, 2.75) is 0 Å². The Morgan fingerprint density at radius 3 is 3.10 bits per heavy atom. The van der Waals surface area contributed by atoms with Crippen LogP contribution in [-0.4, -0.2) is 0 Å². The average molecular weight is 196 g/mol. The highest BCUT2D eigenvalue weighted by atomic mass is 79.9. The molecule has 2 rings (SSSR count). The van der Waals surface area contributed by atoms with E-state index >= 15 is 0 Å². The van der Waals surface area contributed by atoms with Gasteiger partial charge in [-0.1, -0.05) is 12.1 Å². The van der Waals surface area contributed by atoms with E-state index in [1.165, 1.54) is 0 Å². The third-order valence-electron chi connectivity index (χ3n) is 1.37. The van der Waals surface area contributed by atoms with E-state index in [0.29, 0.717) is 0 Å². The molecule has 0 aliphatic rings. The molecule has 0 amide bonds. The summed E-state index contributed by atoms with van der Waals surface area (Å²) in [4.78, 5) is 0. The summed E-state index contributed by atoms with van der Waals surface area (Å²) in [6.07, 6.45) is 2.67. The summed E-state index contributed by atoms with van der Waals surface area (Å²) in [6.45, 7) is 0. The summed E-state index contributed by atoms with van der Waals surface area (Å²) < 4.78 is 6.05. The first-order valence-electron chi connectivity index (χ1n) is 2.92. The van der Waals surface area contributed by atoms with Gasteiger partial charge in [0, 0.05) is 5.39 Å². The van der Waals surface area contributed by atoms with Crippen LogP contribution in [-0.2, 0) is 0 Å². The molecule has 0 aliphatic heterocycles. The van der Waals surface area contributed by atoms with E-state index in [1.807, 2.05) is 24.3 Å². The van der Waals surface area contributed by atoms with Crippen molar-refractivity contribution in [1.82, 2.24) is 0 Å². The van der Waals surface area contributed by atoms with Gasteiger partial charge in [-0.25, -0.2) is 0 Å². The van der Waals surface area contributed by atoms with Gasteiger partial charge in [-0.15, -0.1) is 0 Å². The molecule has 10 heavy (non-hydrogen) atoms. The Labute approximate surface area is 66.8 Å². The van der Waals surface area contributed by atoms with Gasteiger partial charge < -0.3 is 4.42 Å². The fraction of sp³-hybridized carbons (Fsp3) is 0. The molecule has 1 radical (unpaired) electrons. The first-order valence-corrected chi connectivity index (χ1v) is 3.71. The molecule has 0 fully saturated rings. The lowest BCUT2D eigenvalue weighted by Gasteiger charge is -1.88. The van der Waals surface area contributed by atoms with Crippen LogP contribution >= 0.6 is 15.9 Å². The second kappa shape index (κ2) is 2.13. The van der Waals surface area contributed by atoms with Crippen molar-refractivity contribution >= 4 is 26.9 Å². The van der Waals surface area contributed by atoms with Gasteiger partial charge >= 0.3 is 0 Å². The van der Waals surface area contributed by atoms with Crippen LogP contribution in [0.15, 0.2) is 33.2 Å². The standard InChI is InChI=1S/C8H4BrO/c9-7-3-1-2-6-4-5-10-8(6)7/h1-4H. The smallest absolute Gasteiger partial charge is 0.170 e. The van der Waals surface area contributed by atoms with Gasteiger partial charge in [-0.3, -0.25) is 0 Å². The number of furan rings is 1. The third kappa shape index (κ3) is 0.762. The SMILES string of the molecule is Brc1cccc2c[c]oc12. The van der Waals surface area contributed by atoms with Crippen molar-refractivity contribution in [2.24, 2.45) is 0 Å². The molecule has 0 unspecified atom stereocenters. The van der Waals surface area contributed by atoms with Gasteiger partial charge in [-0.2, -0.15) is 0 Å². The van der Waals surface area contributed by atoms with Crippen molar-refractivity contribution in [2.75, 3.05) is 0 Å². The molecular weight excluding hydrogens is 192 g/mol. The molecule has 0 bridgehead atoms. The zero-order chi connectivity index (χ0) is 6.97. The topological polar surface area (TPSA) is 13.1 Å². The number of halogens is 1. The molecule has 1 heterocycles. The number of rotatable bonds is 0. The number of hydrogen-bond acceptors (Lipinski definition) is 1. The second-order valence-electron chi connectivity index (χ2n) is 2.02. The monoisotopic (exact) mass is 195 g/mol.